The molecule has 1 aliphatic rings. The number of rotatable bonds is 1. The van der Waals surface area contributed by atoms with Gasteiger partial charge in [-0.1, -0.05) is 24.3 Å². The summed E-state index contributed by atoms with van der Waals surface area (Å²) in [6.07, 6.45) is 0. The monoisotopic (exact) mass is 252 g/mol. The molecule has 0 amide bonds. The minimum Gasteiger partial charge on any atom is -0.386 e. The lowest BCUT2D eigenvalue weighted by Gasteiger charge is -2.09. The predicted molar refractivity (Wildman–Crippen MR) is 71.1 cm³/mol. The number of esters is 2. The summed E-state index contributed by atoms with van der Waals surface area (Å²) in [5, 5.41) is 0. The molecule has 0 bridgehead atoms. The summed E-state index contributed by atoms with van der Waals surface area (Å²) in [7, 11) is 0. The van der Waals surface area contributed by atoms with Crippen LogP contribution in [-0.4, -0.2) is 11.9 Å². The van der Waals surface area contributed by atoms with E-state index >= 15 is 0 Å². The molecule has 1 aliphatic heterocycles. The first-order chi connectivity index (χ1) is 9.08. The lowest BCUT2D eigenvalue weighted by molar-refractivity contribution is 0.0444. The zero-order chi connectivity index (χ0) is 13.6. The van der Waals surface area contributed by atoms with Crippen molar-refractivity contribution in [3.8, 4) is 11.1 Å². The van der Waals surface area contributed by atoms with Gasteiger partial charge < -0.3 is 4.74 Å². The normalized spacial score (nSPS) is 13.4. The molecule has 3 heteroatoms. The Balaban J connectivity index is 2.18. The van der Waals surface area contributed by atoms with Gasteiger partial charge in [0.25, 0.3) is 0 Å². The van der Waals surface area contributed by atoms with E-state index in [0.29, 0.717) is 11.1 Å². The molecule has 0 aliphatic carbocycles. The lowest BCUT2D eigenvalue weighted by atomic mass is 9.95. The zero-order valence-electron chi connectivity index (χ0n) is 10.7. The van der Waals surface area contributed by atoms with Gasteiger partial charge in [-0.25, -0.2) is 9.59 Å². The Kier molecular flexibility index (Phi) is 2.49. The van der Waals surface area contributed by atoms with Gasteiger partial charge in [-0.15, -0.1) is 0 Å². The highest BCUT2D eigenvalue weighted by atomic mass is 16.6. The first kappa shape index (κ1) is 11.7. The first-order valence-corrected chi connectivity index (χ1v) is 6.05. The van der Waals surface area contributed by atoms with E-state index in [1.807, 2.05) is 38.1 Å². The average molecular weight is 252 g/mol. The Morgan fingerprint density at radius 3 is 2.37 bits per heavy atom. The smallest absolute Gasteiger partial charge is 0.346 e. The molecule has 0 unspecified atom stereocenters. The van der Waals surface area contributed by atoms with Gasteiger partial charge in [-0.3, -0.25) is 0 Å². The number of aryl methyl sites for hydroxylation is 1. The van der Waals surface area contributed by atoms with Crippen LogP contribution in [0.3, 0.4) is 0 Å². The maximum Gasteiger partial charge on any atom is 0.346 e. The zero-order valence-corrected chi connectivity index (χ0v) is 10.7. The summed E-state index contributed by atoms with van der Waals surface area (Å²) in [6, 6.07) is 11.3. The second-order valence-electron chi connectivity index (χ2n) is 4.68. The van der Waals surface area contributed by atoms with Crippen LogP contribution in [0, 0.1) is 13.8 Å². The fourth-order valence-corrected chi connectivity index (χ4v) is 2.32. The average Bonchev–Trinajstić information content (AvgIpc) is 2.68. The third-order valence-corrected chi connectivity index (χ3v) is 3.56. The Bertz CT molecular complexity index is 714. The number of benzene rings is 2. The van der Waals surface area contributed by atoms with Gasteiger partial charge in [-0.2, -0.15) is 0 Å². The van der Waals surface area contributed by atoms with Crippen molar-refractivity contribution in [2.45, 2.75) is 13.8 Å². The largest absolute Gasteiger partial charge is 0.386 e. The lowest BCUT2D eigenvalue weighted by Crippen LogP contribution is -1.96. The third-order valence-electron chi connectivity index (χ3n) is 3.56. The molecule has 2 aromatic carbocycles. The summed E-state index contributed by atoms with van der Waals surface area (Å²) < 4.78 is 4.60. The number of hydrogen-bond donors (Lipinski definition) is 0. The van der Waals surface area contributed by atoms with Crippen molar-refractivity contribution >= 4 is 11.9 Å². The topological polar surface area (TPSA) is 43.4 Å². The second kappa shape index (κ2) is 4.05. The number of hydrogen-bond acceptors (Lipinski definition) is 3. The number of carbonyl (C=O) groups is 2. The van der Waals surface area contributed by atoms with Crippen molar-refractivity contribution < 1.29 is 14.3 Å². The number of cyclic esters (lactones) is 2. The highest BCUT2D eigenvalue weighted by Gasteiger charge is 2.29. The molecule has 0 saturated heterocycles. The molecule has 0 spiro atoms. The van der Waals surface area contributed by atoms with Crippen LogP contribution in [-0.2, 0) is 4.74 Å². The summed E-state index contributed by atoms with van der Waals surface area (Å²) in [6.45, 7) is 4.09. The maximum atomic E-state index is 11.6. The van der Waals surface area contributed by atoms with Crippen LogP contribution in [0.1, 0.15) is 31.8 Å². The first-order valence-electron chi connectivity index (χ1n) is 6.05. The Morgan fingerprint density at radius 1 is 0.842 bits per heavy atom. The van der Waals surface area contributed by atoms with Gasteiger partial charge >= 0.3 is 11.9 Å². The number of carbonyl (C=O) groups excluding carboxylic acids is 2. The molecule has 3 nitrogen and oxygen atoms in total. The minimum absolute atomic E-state index is 0.346. The quantitative estimate of drug-likeness (QED) is 0.578. The molecule has 0 radical (unpaired) electrons. The summed E-state index contributed by atoms with van der Waals surface area (Å²) >= 11 is 0. The van der Waals surface area contributed by atoms with Crippen LogP contribution in [0.15, 0.2) is 36.4 Å². The van der Waals surface area contributed by atoms with Crippen molar-refractivity contribution in [2.75, 3.05) is 0 Å². The van der Waals surface area contributed by atoms with E-state index in [1.165, 1.54) is 11.1 Å². The third kappa shape index (κ3) is 1.74. The molecule has 19 heavy (non-hydrogen) atoms. The van der Waals surface area contributed by atoms with Crippen LogP contribution < -0.4 is 0 Å². The van der Waals surface area contributed by atoms with Gasteiger partial charge in [0.15, 0.2) is 0 Å². The second-order valence-corrected chi connectivity index (χ2v) is 4.68. The summed E-state index contributed by atoms with van der Waals surface area (Å²) in [5.74, 6) is -1.13. The van der Waals surface area contributed by atoms with E-state index in [4.69, 9.17) is 0 Å². The molecule has 94 valence electrons. The fraction of sp³-hybridized carbons (Fsp3) is 0.125. The van der Waals surface area contributed by atoms with Crippen LogP contribution in [0.2, 0.25) is 0 Å². The maximum absolute atomic E-state index is 11.6. The number of ether oxygens (including phenoxy) is 1. The SMILES string of the molecule is Cc1cccc(-c2ccc3c(c2)C(=O)OC3=O)c1C. The Morgan fingerprint density at radius 2 is 1.58 bits per heavy atom. The highest BCUT2D eigenvalue weighted by molar-refractivity contribution is 6.15. The van der Waals surface area contributed by atoms with Crippen molar-refractivity contribution in [3.05, 3.63) is 58.7 Å². The van der Waals surface area contributed by atoms with Gasteiger partial charge in [0.2, 0.25) is 0 Å². The molecule has 0 N–H and O–H groups in total. The van der Waals surface area contributed by atoms with Crippen molar-refractivity contribution in [1.29, 1.82) is 0 Å². The van der Waals surface area contributed by atoms with Crippen molar-refractivity contribution in [1.82, 2.24) is 0 Å². The summed E-state index contributed by atoms with van der Waals surface area (Å²) in [5.41, 5.74) is 5.04. The van der Waals surface area contributed by atoms with Gasteiger partial charge in [0.1, 0.15) is 0 Å². The standard InChI is InChI=1S/C16H12O3/c1-9-4-3-5-12(10(9)2)11-6-7-13-14(8-11)16(18)19-15(13)17/h3-8H,1-2H3. The molecular formula is C16H12O3. The number of fused-ring (bicyclic) bond motifs is 1. The van der Waals surface area contributed by atoms with Crippen molar-refractivity contribution in [3.63, 3.8) is 0 Å². The van der Waals surface area contributed by atoms with Crippen LogP contribution >= 0.6 is 0 Å². The predicted octanol–water partition coefficient (Wildman–Crippen LogP) is 3.28. The molecule has 2 aromatic rings. The van der Waals surface area contributed by atoms with Gasteiger partial charge in [-0.05, 0) is 48.2 Å². The molecule has 0 aromatic heterocycles. The van der Waals surface area contributed by atoms with E-state index in [0.717, 1.165) is 11.1 Å². The van der Waals surface area contributed by atoms with Crippen LogP contribution in [0.25, 0.3) is 11.1 Å². The van der Waals surface area contributed by atoms with E-state index in [-0.39, 0.29) is 0 Å². The molecular weight excluding hydrogens is 240 g/mol. The minimum atomic E-state index is -0.563. The molecule has 0 atom stereocenters. The molecule has 1 heterocycles. The van der Waals surface area contributed by atoms with E-state index in [1.54, 1.807) is 12.1 Å². The van der Waals surface area contributed by atoms with E-state index in [2.05, 4.69) is 4.74 Å². The molecule has 0 fully saturated rings. The van der Waals surface area contributed by atoms with Crippen molar-refractivity contribution in [2.24, 2.45) is 0 Å². The summed E-state index contributed by atoms with van der Waals surface area (Å²) in [4.78, 5) is 23.0. The molecule has 3 rings (SSSR count). The van der Waals surface area contributed by atoms with Gasteiger partial charge in [0, 0.05) is 0 Å². The van der Waals surface area contributed by atoms with Gasteiger partial charge in [0.05, 0.1) is 11.1 Å². The highest BCUT2D eigenvalue weighted by Crippen LogP contribution is 2.29. The van der Waals surface area contributed by atoms with Crippen LogP contribution in [0.4, 0.5) is 0 Å². The Labute approximate surface area is 110 Å². The van der Waals surface area contributed by atoms with Crippen LogP contribution in [0.5, 0.6) is 0 Å². The Hall–Kier alpha value is -2.42. The van der Waals surface area contributed by atoms with E-state index < -0.39 is 11.9 Å². The molecule has 0 saturated carbocycles. The fourth-order valence-electron chi connectivity index (χ4n) is 2.32. The van der Waals surface area contributed by atoms with E-state index in [9.17, 15) is 9.59 Å².